The molecule has 4 heteroatoms. The van der Waals surface area contributed by atoms with E-state index in [9.17, 15) is 14.3 Å². The van der Waals surface area contributed by atoms with Crippen molar-refractivity contribution in [3.05, 3.63) is 71.5 Å². The number of hydrogen-bond acceptors (Lipinski definition) is 2. The van der Waals surface area contributed by atoms with Gasteiger partial charge >= 0.3 is 0 Å². The van der Waals surface area contributed by atoms with Crippen molar-refractivity contribution in [2.24, 2.45) is 0 Å². The number of hydrogen-bond donors (Lipinski definition) is 2. The molecule has 0 aliphatic rings. The van der Waals surface area contributed by atoms with Crippen LogP contribution >= 0.6 is 0 Å². The maximum Gasteiger partial charge on any atom is 0.224 e. The first kappa shape index (κ1) is 14.2. The molecule has 0 aliphatic carbocycles. The van der Waals surface area contributed by atoms with Crippen molar-refractivity contribution in [1.82, 2.24) is 5.32 Å². The first-order valence-corrected chi connectivity index (χ1v) is 6.39. The van der Waals surface area contributed by atoms with E-state index in [-0.39, 0.29) is 24.7 Å². The van der Waals surface area contributed by atoms with E-state index in [1.807, 2.05) is 30.3 Å². The quantitative estimate of drug-likeness (QED) is 0.877. The van der Waals surface area contributed by atoms with Crippen LogP contribution in [0.2, 0.25) is 0 Å². The van der Waals surface area contributed by atoms with Crippen LogP contribution in [-0.4, -0.2) is 17.6 Å². The Morgan fingerprint density at radius 1 is 1.10 bits per heavy atom. The van der Waals surface area contributed by atoms with Crippen LogP contribution in [0.5, 0.6) is 0 Å². The highest BCUT2D eigenvalue weighted by Gasteiger charge is 2.09. The lowest BCUT2D eigenvalue weighted by Crippen LogP contribution is -2.29. The lowest BCUT2D eigenvalue weighted by Gasteiger charge is -2.12. The average Bonchev–Trinajstić information content (AvgIpc) is 2.46. The van der Waals surface area contributed by atoms with Crippen LogP contribution in [0.3, 0.4) is 0 Å². The Morgan fingerprint density at radius 3 is 2.40 bits per heavy atom. The van der Waals surface area contributed by atoms with Gasteiger partial charge in [0.25, 0.3) is 0 Å². The largest absolute Gasteiger partial charge is 0.387 e. The molecule has 2 aromatic carbocycles. The van der Waals surface area contributed by atoms with E-state index >= 15 is 0 Å². The molecule has 2 N–H and O–H groups in total. The third kappa shape index (κ3) is 4.17. The van der Waals surface area contributed by atoms with Gasteiger partial charge in [0.2, 0.25) is 5.91 Å². The van der Waals surface area contributed by atoms with Gasteiger partial charge in [-0.3, -0.25) is 4.79 Å². The number of rotatable bonds is 5. The molecular weight excluding hydrogens is 257 g/mol. The minimum absolute atomic E-state index is 0.108. The first-order chi connectivity index (χ1) is 9.65. The molecule has 1 amide bonds. The predicted octanol–water partition coefficient (Wildman–Crippen LogP) is 2.22. The van der Waals surface area contributed by atoms with Crippen molar-refractivity contribution >= 4 is 5.91 Å². The fourth-order valence-corrected chi connectivity index (χ4v) is 1.86. The molecule has 1 unspecified atom stereocenters. The van der Waals surface area contributed by atoms with E-state index in [0.717, 1.165) is 5.56 Å². The second-order valence-corrected chi connectivity index (χ2v) is 4.53. The van der Waals surface area contributed by atoms with Crippen molar-refractivity contribution in [3.63, 3.8) is 0 Å². The van der Waals surface area contributed by atoms with Crippen LogP contribution in [0.15, 0.2) is 54.6 Å². The molecule has 104 valence electrons. The summed E-state index contributed by atoms with van der Waals surface area (Å²) in [6, 6.07) is 14.9. The molecule has 2 aromatic rings. The monoisotopic (exact) mass is 273 g/mol. The second kappa shape index (κ2) is 6.82. The Bertz CT molecular complexity index is 554. The van der Waals surface area contributed by atoms with Crippen LogP contribution in [-0.2, 0) is 11.2 Å². The summed E-state index contributed by atoms with van der Waals surface area (Å²) in [5.41, 5.74) is 1.49. The summed E-state index contributed by atoms with van der Waals surface area (Å²) in [6.07, 6.45) is -0.563. The van der Waals surface area contributed by atoms with Gasteiger partial charge in [-0.15, -0.1) is 0 Å². The van der Waals surface area contributed by atoms with E-state index in [1.165, 1.54) is 24.3 Å². The van der Waals surface area contributed by atoms with E-state index in [2.05, 4.69) is 5.32 Å². The van der Waals surface area contributed by atoms with E-state index in [0.29, 0.717) is 5.56 Å². The van der Waals surface area contributed by atoms with Crippen molar-refractivity contribution in [2.75, 3.05) is 6.54 Å². The minimum Gasteiger partial charge on any atom is -0.387 e. The molecular formula is C16H16FNO2. The average molecular weight is 273 g/mol. The summed E-state index contributed by atoms with van der Waals surface area (Å²) >= 11 is 0. The molecule has 2 rings (SSSR count). The highest BCUT2D eigenvalue weighted by Crippen LogP contribution is 2.12. The van der Waals surface area contributed by atoms with Crippen LogP contribution in [0.4, 0.5) is 4.39 Å². The fourth-order valence-electron chi connectivity index (χ4n) is 1.86. The number of halogens is 1. The molecule has 0 radical (unpaired) electrons. The van der Waals surface area contributed by atoms with Gasteiger partial charge in [-0.25, -0.2) is 4.39 Å². The third-order valence-electron chi connectivity index (χ3n) is 2.95. The Labute approximate surface area is 117 Å². The van der Waals surface area contributed by atoms with Gasteiger partial charge in [-0.1, -0.05) is 42.5 Å². The first-order valence-electron chi connectivity index (χ1n) is 6.39. The Hall–Kier alpha value is -2.20. The summed E-state index contributed by atoms with van der Waals surface area (Å²) in [6.45, 7) is 0.108. The SMILES string of the molecule is O=C(Cc1ccccc1)NCC(O)c1ccc(F)cc1. The van der Waals surface area contributed by atoms with Crippen LogP contribution in [0.25, 0.3) is 0 Å². The predicted molar refractivity (Wildman–Crippen MR) is 74.5 cm³/mol. The standard InChI is InChI=1S/C16H16FNO2/c17-14-8-6-13(7-9-14)15(19)11-18-16(20)10-12-4-2-1-3-5-12/h1-9,15,19H,10-11H2,(H,18,20). The van der Waals surface area contributed by atoms with Crippen molar-refractivity contribution in [1.29, 1.82) is 0 Å². The zero-order valence-corrected chi connectivity index (χ0v) is 10.9. The Kier molecular flexibility index (Phi) is 4.85. The zero-order valence-electron chi connectivity index (χ0n) is 10.9. The molecule has 0 saturated heterocycles. The molecule has 0 fully saturated rings. The number of carbonyl (C=O) groups excluding carboxylic acids is 1. The Balaban J connectivity index is 1.82. The van der Waals surface area contributed by atoms with E-state index in [1.54, 1.807) is 0 Å². The maximum absolute atomic E-state index is 12.8. The molecule has 20 heavy (non-hydrogen) atoms. The second-order valence-electron chi connectivity index (χ2n) is 4.53. The topological polar surface area (TPSA) is 49.3 Å². The number of amides is 1. The van der Waals surface area contributed by atoms with Gasteiger partial charge < -0.3 is 10.4 Å². The Morgan fingerprint density at radius 2 is 1.75 bits per heavy atom. The molecule has 0 heterocycles. The lowest BCUT2D eigenvalue weighted by molar-refractivity contribution is -0.120. The summed E-state index contributed by atoms with van der Waals surface area (Å²) in [4.78, 5) is 11.7. The number of benzene rings is 2. The highest BCUT2D eigenvalue weighted by molar-refractivity contribution is 5.78. The van der Waals surface area contributed by atoms with Crippen LogP contribution in [0.1, 0.15) is 17.2 Å². The van der Waals surface area contributed by atoms with E-state index < -0.39 is 6.10 Å². The number of aliphatic hydroxyl groups excluding tert-OH is 1. The van der Waals surface area contributed by atoms with Gasteiger partial charge in [-0.2, -0.15) is 0 Å². The molecule has 3 nitrogen and oxygen atoms in total. The van der Waals surface area contributed by atoms with Crippen LogP contribution in [0, 0.1) is 5.82 Å². The molecule has 0 aromatic heterocycles. The maximum atomic E-state index is 12.8. The van der Waals surface area contributed by atoms with Crippen molar-refractivity contribution in [3.8, 4) is 0 Å². The van der Waals surface area contributed by atoms with Gasteiger partial charge in [0.05, 0.1) is 12.5 Å². The molecule has 0 spiro atoms. The zero-order chi connectivity index (χ0) is 14.4. The van der Waals surface area contributed by atoms with Crippen molar-refractivity contribution in [2.45, 2.75) is 12.5 Å². The normalized spacial score (nSPS) is 11.9. The molecule has 0 bridgehead atoms. The van der Waals surface area contributed by atoms with Gasteiger partial charge in [0.1, 0.15) is 5.82 Å². The molecule has 1 atom stereocenters. The van der Waals surface area contributed by atoms with Gasteiger partial charge in [-0.05, 0) is 23.3 Å². The fraction of sp³-hybridized carbons (Fsp3) is 0.188. The lowest BCUT2D eigenvalue weighted by atomic mass is 10.1. The summed E-state index contributed by atoms with van der Waals surface area (Å²) in [5, 5.41) is 12.6. The minimum atomic E-state index is -0.838. The summed E-state index contributed by atoms with van der Waals surface area (Å²) < 4.78 is 12.8. The highest BCUT2D eigenvalue weighted by atomic mass is 19.1. The van der Waals surface area contributed by atoms with Crippen molar-refractivity contribution < 1.29 is 14.3 Å². The smallest absolute Gasteiger partial charge is 0.224 e. The third-order valence-corrected chi connectivity index (χ3v) is 2.95. The number of nitrogens with one attached hydrogen (secondary N) is 1. The molecule has 0 aliphatic heterocycles. The molecule has 0 saturated carbocycles. The van der Waals surface area contributed by atoms with Gasteiger partial charge in [0, 0.05) is 6.54 Å². The van der Waals surface area contributed by atoms with E-state index in [4.69, 9.17) is 0 Å². The number of carbonyl (C=O) groups is 1. The van der Waals surface area contributed by atoms with Gasteiger partial charge in [0.15, 0.2) is 0 Å². The summed E-state index contributed by atoms with van der Waals surface area (Å²) in [7, 11) is 0. The van der Waals surface area contributed by atoms with Crippen LogP contribution < -0.4 is 5.32 Å². The summed E-state index contributed by atoms with van der Waals surface area (Å²) in [5.74, 6) is -0.508. The number of aliphatic hydroxyl groups is 1.